The van der Waals surface area contributed by atoms with Gasteiger partial charge in [-0.05, 0) is 100 Å². The van der Waals surface area contributed by atoms with Crippen LogP contribution in [0.15, 0.2) is 53.6 Å². The molecule has 1 fully saturated rings. The van der Waals surface area contributed by atoms with Crippen molar-refractivity contribution in [1.29, 1.82) is 10.5 Å². The maximum Gasteiger partial charge on any atom is 0.125 e. The van der Waals surface area contributed by atoms with Crippen molar-refractivity contribution in [2.24, 2.45) is 11.3 Å². The first-order valence-electron chi connectivity index (χ1n) is 13.3. The number of hydrogen-bond acceptors (Lipinski definition) is 4. The van der Waals surface area contributed by atoms with E-state index in [4.69, 9.17) is 10.5 Å². The second kappa shape index (κ2) is 13.3. The molecule has 35 heavy (non-hydrogen) atoms. The van der Waals surface area contributed by atoms with Crippen LogP contribution in [-0.2, 0) is 0 Å². The van der Waals surface area contributed by atoms with Gasteiger partial charge in [0.1, 0.15) is 17.7 Å². The molecule has 0 spiro atoms. The third-order valence-corrected chi connectivity index (χ3v) is 7.31. The van der Waals surface area contributed by atoms with E-state index in [9.17, 15) is 0 Å². The fourth-order valence-corrected chi connectivity index (χ4v) is 5.48. The lowest BCUT2D eigenvalue weighted by atomic mass is 9.71. The van der Waals surface area contributed by atoms with Crippen LogP contribution in [0.5, 0.6) is 0 Å². The molecule has 1 unspecified atom stereocenters. The van der Waals surface area contributed by atoms with Crippen molar-refractivity contribution >= 4 is 11.8 Å². The minimum Gasteiger partial charge on any atom is -0.375 e. The number of nitriles is 2. The number of allylic oxidation sites excluding steroid dienone is 5. The molecular formula is C31H42N4. The van der Waals surface area contributed by atoms with Crippen molar-refractivity contribution in [2.45, 2.75) is 65.2 Å². The van der Waals surface area contributed by atoms with Gasteiger partial charge < -0.3 is 9.80 Å². The fraction of sp³-hybridized carbons (Fsp3) is 0.548. The van der Waals surface area contributed by atoms with E-state index in [0.717, 1.165) is 32.2 Å². The van der Waals surface area contributed by atoms with Crippen LogP contribution in [0.2, 0.25) is 0 Å². The van der Waals surface area contributed by atoms with Crippen LogP contribution in [0.25, 0.3) is 6.08 Å². The molecule has 0 aromatic heterocycles. The molecular weight excluding hydrogens is 428 g/mol. The monoisotopic (exact) mass is 470 g/mol. The van der Waals surface area contributed by atoms with Crippen LogP contribution < -0.4 is 4.90 Å². The Bertz CT molecular complexity index is 962. The van der Waals surface area contributed by atoms with E-state index in [1.165, 1.54) is 62.1 Å². The number of likely N-dealkylation sites (tertiary alicyclic amines) is 1. The van der Waals surface area contributed by atoms with Crippen molar-refractivity contribution in [1.82, 2.24) is 4.90 Å². The molecule has 2 aliphatic rings. The molecule has 0 amide bonds. The Hall–Kier alpha value is -2.82. The van der Waals surface area contributed by atoms with Crippen LogP contribution in [-0.4, -0.2) is 38.1 Å². The van der Waals surface area contributed by atoms with Crippen LogP contribution in [0.4, 0.5) is 5.69 Å². The number of anilines is 1. The molecule has 1 aromatic rings. The minimum absolute atomic E-state index is 0.223. The molecule has 1 aliphatic heterocycles. The highest BCUT2D eigenvalue weighted by Gasteiger charge is 2.27. The van der Waals surface area contributed by atoms with Crippen LogP contribution in [0.1, 0.15) is 70.8 Å². The Morgan fingerprint density at radius 2 is 1.80 bits per heavy atom. The van der Waals surface area contributed by atoms with Gasteiger partial charge in [0, 0.05) is 19.3 Å². The Balaban J connectivity index is 1.51. The molecule has 0 saturated carbocycles. The van der Waals surface area contributed by atoms with Gasteiger partial charge >= 0.3 is 0 Å². The smallest absolute Gasteiger partial charge is 0.125 e. The summed E-state index contributed by atoms with van der Waals surface area (Å²) in [7, 11) is 2.20. The molecule has 0 bridgehead atoms. The second-order valence-electron chi connectivity index (χ2n) is 11.1. The highest BCUT2D eigenvalue weighted by Crippen LogP contribution is 2.40. The lowest BCUT2D eigenvalue weighted by Gasteiger charge is -2.34. The number of unbranched alkanes of at least 4 members (excludes halogenated alkanes) is 1. The van der Waals surface area contributed by atoms with Gasteiger partial charge in [-0.15, -0.1) is 0 Å². The molecule has 186 valence electrons. The first kappa shape index (κ1) is 26.8. The summed E-state index contributed by atoms with van der Waals surface area (Å²) < 4.78 is 0. The number of hydrogen-bond donors (Lipinski definition) is 0. The SMILES string of the molecule is CN(CCCCN1CCCC1)c1ccc(/C=C/C2=CC(CCC=C(C#N)C#N)CC(C)(C)C2)cc1. The van der Waals surface area contributed by atoms with Gasteiger partial charge in [-0.25, -0.2) is 0 Å². The Morgan fingerprint density at radius 1 is 1.09 bits per heavy atom. The van der Waals surface area contributed by atoms with Crippen molar-refractivity contribution < 1.29 is 0 Å². The molecule has 4 nitrogen and oxygen atoms in total. The van der Waals surface area contributed by atoms with Gasteiger partial charge in [0.15, 0.2) is 0 Å². The molecule has 3 rings (SSSR count). The van der Waals surface area contributed by atoms with Gasteiger partial charge in [0.25, 0.3) is 0 Å². The lowest BCUT2D eigenvalue weighted by Crippen LogP contribution is -2.23. The molecule has 1 heterocycles. The summed E-state index contributed by atoms with van der Waals surface area (Å²) in [5.41, 5.74) is 4.38. The number of nitrogens with zero attached hydrogens (tertiary/aromatic N) is 4. The van der Waals surface area contributed by atoms with Crippen LogP contribution in [0, 0.1) is 34.0 Å². The Morgan fingerprint density at radius 3 is 2.49 bits per heavy atom. The van der Waals surface area contributed by atoms with Gasteiger partial charge in [0.05, 0.1) is 0 Å². The molecule has 1 aromatic carbocycles. The zero-order valence-corrected chi connectivity index (χ0v) is 22.0. The summed E-state index contributed by atoms with van der Waals surface area (Å²) in [6, 6.07) is 12.8. The molecule has 1 atom stereocenters. The Kier molecular flexibility index (Phi) is 10.2. The van der Waals surface area contributed by atoms with E-state index in [0.29, 0.717) is 5.92 Å². The Labute approximate surface area is 213 Å². The van der Waals surface area contributed by atoms with E-state index in [-0.39, 0.29) is 11.0 Å². The van der Waals surface area contributed by atoms with Crippen LogP contribution in [0.3, 0.4) is 0 Å². The molecule has 1 aliphatic carbocycles. The summed E-state index contributed by atoms with van der Waals surface area (Å²) in [6.07, 6.45) is 17.9. The van der Waals surface area contributed by atoms with Crippen LogP contribution >= 0.6 is 0 Å². The predicted molar refractivity (Wildman–Crippen MR) is 147 cm³/mol. The highest BCUT2D eigenvalue weighted by atomic mass is 15.1. The van der Waals surface area contributed by atoms with Gasteiger partial charge in [-0.2, -0.15) is 10.5 Å². The maximum absolute atomic E-state index is 8.93. The van der Waals surface area contributed by atoms with Gasteiger partial charge in [0.2, 0.25) is 0 Å². The topological polar surface area (TPSA) is 54.1 Å². The predicted octanol–water partition coefficient (Wildman–Crippen LogP) is 7.13. The fourth-order valence-electron chi connectivity index (χ4n) is 5.48. The lowest BCUT2D eigenvalue weighted by molar-refractivity contribution is 0.266. The molecule has 0 radical (unpaired) electrons. The normalized spacial score (nSPS) is 19.7. The standard InChI is InChI=1S/C31H42N4/c1-31(2)22-27(9-8-10-29(24-32)25-33)21-28(23-31)12-11-26-13-15-30(16-14-26)34(3)17-4-5-18-35-19-6-7-20-35/h10-16,21,27H,4-9,17-20,22-23H2,1-3H3/b12-11+. The summed E-state index contributed by atoms with van der Waals surface area (Å²) in [5, 5.41) is 17.9. The van der Waals surface area contributed by atoms with Crippen molar-refractivity contribution in [2.75, 3.05) is 38.1 Å². The van der Waals surface area contributed by atoms with E-state index in [2.05, 4.69) is 73.2 Å². The highest BCUT2D eigenvalue weighted by molar-refractivity contribution is 5.58. The van der Waals surface area contributed by atoms with E-state index in [1.807, 2.05) is 12.1 Å². The van der Waals surface area contributed by atoms with E-state index < -0.39 is 0 Å². The summed E-state index contributed by atoms with van der Waals surface area (Å²) >= 11 is 0. The first-order chi connectivity index (χ1) is 16.9. The zero-order valence-electron chi connectivity index (χ0n) is 22.0. The molecule has 0 N–H and O–H groups in total. The number of benzene rings is 1. The summed E-state index contributed by atoms with van der Waals surface area (Å²) in [4.78, 5) is 4.97. The maximum atomic E-state index is 8.93. The quantitative estimate of drug-likeness (QED) is 0.255. The second-order valence-corrected chi connectivity index (χ2v) is 11.1. The van der Waals surface area contributed by atoms with Crippen molar-refractivity contribution in [3.63, 3.8) is 0 Å². The molecule has 4 heteroatoms. The van der Waals surface area contributed by atoms with Gasteiger partial charge in [-0.1, -0.05) is 55.9 Å². The average Bonchev–Trinajstić information content (AvgIpc) is 3.36. The van der Waals surface area contributed by atoms with Crippen molar-refractivity contribution in [3.8, 4) is 12.1 Å². The van der Waals surface area contributed by atoms with Gasteiger partial charge in [-0.3, -0.25) is 0 Å². The molecule has 1 saturated heterocycles. The summed E-state index contributed by atoms with van der Waals surface area (Å²) in [5.74, 6) is 0.481. The first-order valence-corrected chi connectivity index (χ1v) is 13.3. The van der Waals surface area contributed by atoms with Crippen molar-refractivity contribution in [3.05, 3.63) is 59.2 Å². The zero-order chi connectivity index (χ0) is 25.1. The summed E-state index contributed by atoms with van der Waals surface area (Å²) in [6.45, 7) is 9.62. The third-order valence-electron chi connectivity index (χ3n) is 7.31. The average molecular weight is 471 g/mol. The van der Waals surface area contributed by atoms with E-state index >= 15 is 0 Å². The van der Waals surface area contributed by atoms with E-state index in [1.54, 1.807) is 6.08 Å². The largest absolute Gasteiger partial charge is 0.375 e. The minimum atomic E-state index is 0.223. The third kappa shape index (κ3) is 9.04. The number of rotatable bonds is 11.